The Morgan fingerprint density at radius 3 is 2.84 bits per heavy atom. The van der Waals surface area contributed by atoms with Crippen LogP contribution in [0.4, 0.5) is 14.5 Å². The lowest BCUT2D eigenvalue weighted by molar-refractivity contribution is -0.116. The summed E-state index contributed by atoms with van der Waals surface area (Å²) >= 11 is 0. The maximum Gasteiger partial charge on any atom is 0.224 e. The Kier molecular flexibility index (Phi) is 4.85. The van der Waals surface area contributed by atoms with Gasteiger partial charge in [0.25, 0.3) is 0 Å². The molecule has 1 amide bonds. The number of piperidine rings is 1. The van der Waals surface area contributed by atoms with E-state index in [-0.39, 0.29) is 5.91 Å². The van der Waals surface area contributed by atoms with Crippen molar-refractivity contribution in [2.45, 2.75) is 38.1 Å². The highest BCUT2D eigenvalue weighted by molar-refractivity contribution is 5.90. The van der Waals surface area contributed by atoms with E-state index >= 15 is 0 Å². The molecule has 1 aliphatic rings. The molecular formula is C14H18F2N2O. The molecule has 1 heterocycles. The number of carbonyl (C=O) groups excluding carboxylic acids is 1. The molecule has 104 valence electrons. The molecule has 5 heteroatoms. The SMILES string of the molecule is O=C(CCC1CCCCN1)Nc1ccc(F)c(F)c1. The van der Waals surface area contributed by atoms with Gasteiger partial charge in [-0.15, -0.1) is 0 Å². The molecule has 3 nitrogen and oxygen atoms in total. The van der Waals surface area contributed by atoms with Gasteiger partial charge >= 0.3 is 0 Å². The Bertz CT molecular complexity index is 445. The highest BCUT2D eigenvalue weighted by Crippen LogP contribution is 2.15. The van der Waals surface area contributed by atoms with Gasteiger partial charge in [-0.3, -0.25) is 4.79 Å². The van der Waals surface area contributed by atoms with Gasteiger partial charge in [0.1, 0.15) is 0 Å². The maximum absolute atomic E-state index is 13.0. The molecule has 1 saturated heterocycles. The fraction of sp³-hybridized carbons (Fsp3) is 0.500. The number of benzene rings is 1. The van der Waals surface area contributed by atoms with E-state index < -0.39 is 11.6 Å². The van der Waals surface area contributed by atoms with Gasteiger partial charge in [0.05, 0.1) is 0 Å². The van der Waals surface area contributed by atoms with Crippen molar-refractivity contribution in [3.8, 4) is 0 Å². The molecule has 0 aromatic heterocycles. The fourth-order valence-corrected chi connectivity index (χ4v) is 2.27. The largest absolute Gasteiger partial charge is 0.326 e. The minimum absolute atomic E-state index is 0.168. The monoisotopic (exact) mass is 268 g/mol. The first-order valence-electron chi connectivity index (χ1n) is 6.63. The summed E-state index contributed by atoms with van der Waals surface area (Å²) in [5.74, 6) is -2.03. The number of carbonyl (C=O) groups is 1. The molecule has 19 heavy (non-hydrogen) atoms. The second-order valence-electron chi connectivity index (χ2n) is 4.86. The normalized spacial score (nSPS) is 19.2. The predicted molar refractivity (Wildman–Crippen MR) is 69.9 cm³/mol. The minimum atomic E-state index is -0.952. The molecule has 0 aliphatic carbocycles. The molecule has 1 aromatic rings. The summed E-state index contributed by atoms with van der Waals surface area (Å²) in [4.78, 5) is 11.7. The number of halogens is 2. The van der Waals surface area contributed by atoms with Crippen molar-refractivity contribution in [2.75, 3.05) is 11.9 Å². The summed E-state index contributed by atoms with van der Waals surface area (Å²) in [6.45, 7) is 1.01. The Morgan fingerprint density at radius 1 is 1.32 bits per heavy atom. The van der Waals surface area contributed by atoms with E-state index in [0.29, 0.717) is 18.2 Å². The molecule has 1 aromatic carbocycles. The van der Waals surface area contributed by atoms with Crippen LogP contribution in [0.5, 0.6) is 0 Å². The average Bonchev–Trinajstić information content (AvgIpc) is 2.42. The second-order valence-corrected chi connectivity index (χ2v) is 4.86. The minimum Gasteiger partial charge on any atom is -0.326 e. The van der Waals surface area contributed by atoms with Gasteiger partial charge in [0.15, 0.2) is 11.6 Å². The Balaban J connectivity index is 1.78. The van der Waals surface area contributed by atoms with E-state index in [1.165, 1.54) is 18.9 Å². The quantitative estimate of drug-likeness (QED) is 0.881. The molecule has 1 fully saturated rings. The highest BCUT2D eigenvalue weighted by Gasteiger charge is 2.14. The van der Waals surface area contributed by atoms with Crippen LogP contribution in [-0.4, -0.2) is 18.5 Å². The number of rotatable bonds is 4. The molecule has 1 unspecified atom stereocenters. The van der Waals surface area contributed by atoms with Crippen LogP contribution in [0, 0.1) is 11.6 Å². The standard InChI is InChI=1S/C14H18F2N2O/c15-12-6-4-11(9-13(12)16)18-14(19)7-5-10-3-1-2-8-17-10/h4,6,9-10,17H,1-3,5,7-8H2,(H,18,19). The summed E-state index contributed by atoms with van der Waals surface area (Å²) in [7, 11) is 0. The summed E-state index contributed by atoms with van der Waals surface area (Å²) in [5.41, 5.74) is 0.292. The second kappa shape index (κ2) is 6.61. The first kappa shape index (κ1) is 13.9. The van der Waals surface area contributed by atoms with Crippen molar-refractivity contribution in [2.24, 2.45) is 0 Å². The molecule has 0 saturated carbocycles. The molecular weight excluding hydrogens is 250 g/mol. The van der Waals surface area contributed by atoms with Crippen molar-refractivity contribution in [1.29, 1.82) is 0 Å². The molecule has 0 spiro atoms. The van der Waals surface area contributed by atoms with Crippen LogP contribution >= 0.6 is 0 Å². The summed E-state index contributed by atoms with van der Waals surface area (Å²) in [6, 6.07) is 3.75. The van der Waals surface area contributed by atoms with E-state index in [9.17, 15) is 13.6 Å². The predicted octanol–water partition coefficient (Wildman–Crippen LogP) is 2.83. The number of nitrogens with one attached hydrogen (secondary N) is 2. The average molecular weight is 268 g/mol. The van der Waals surface area contributed by atoms with Gasteiger partial charge in [-0.05, 0) is 37.9 Å². The van der Waals surface area contributed by atoms with Crippen LogP contribution < -0.4 is 10.6 Å². The molecule has 2 rings (SSSR count). The smallest absolute Gasteiger partial charge is 0.224 e. The third-order valence-electron chi connectivity index (χ3n) is 3.34. The summed E-state index contributed by atoms with van der Waals surface area (Å²) in [5, 5.41) is 5.94. The summed E-state index contributed by atoms with van der Waals surface area (Å²) in [6.07, 6.45) is 4.64. The number of hydrogen-bond acceptors (Lipinski definition) is 2. The lowest BCUT2D eigenvalue weighted by Gasteiger charge is -2.23. The van der Waals surface area contributed by atoms with E-state index in [0.717, 1.165) is 31.5 Å². The van der Waals surface area contributed by atoms with E-state index in [1.54, 1.807) is 0 Å². The first-order chi connectivity index (χ1) is 9.15. The third-order valence-corrected chi connectivity index (χ3v) is 3.34. The zero-order valence-electron chi connectivity index (χ0n) is 10.7. The highest BCUT2D eigenvalue weighted by atomic mass is 19.2. The fourth-order valence-electron chi connectivity index (χ4n) is 2.27. The van der Waals surface area contributed by atoms with Crippen LogP contribution in [0.15, 0.2) is 18.2 Å². The lowest BCUT2D eigenvalue weighted by atomic mass is 10.0. The van der Waals surface area contributed by atoms with E-state index in [2.05, 4.69) is 10.6 Å². The molecule has 1 aliphatic heterocycles. The van der Waals surface area contributed by atoms with Gasteiger partial charge in [-0.2, -0.15) is 0 Å². The van der Waals surface area contributed by atoms with Gasteiger partial charge < -0.3 is 10.6 Å². The molecule has 0 bridgehead atoms. The summed E-state index contributed by atoms with van der Waals surface area (Å²) < 4.78 is 25.7. The van der Waals surface area contributed by atoms with Crippen molar-refractivity contribution in [1.82, 2.24) is 5.32 Å². The van der Waals surface area contributed by atoms with Crippen LogP contribution in [0.2, 0.25) is 0 Å². The Hall–Kier alpha value is -1.49. The van der Waals surface area contributed by atoms with Crippen molar-refractivity contribution in [3.63, 3.8) is 0 Å². The Labute approximate surface area is 111 Å². The van der Waals surface area contributed by atoms with Crippen LogP contribution in [0.3, 0.4) is 0 Å². The molecule has 0 radical (unpaired) electrons. The zero-order valence-corrected chi connectivity index (χ0v) is 10.7. The van der Waals surface area contributed by atoms with Gasteiger partial charge in [0, 0.05) is 24.2 Å². The van der Waals surface area contributed by atoms with E-state index in [1.807, 2.05) is 0 Å². The van der Waals surface area contributed by atoms with Crippen LogP contribution in [0.1, 0.15) is 32.1 Å². The van der Waals surface area contributed by atoms with Crippen LogP contribution in [-0.2, 0) is 4.79 Å². The topological polar surface area (TPSA) is 41.1 Å². The lowest BCUT2D eigenvalue weighted by Crippen LogP contribution is -2.34. The maximum atomic E-state index is 13.0. The number of amides is 1. The van der Waals surface area contributed by atoms with Crippen LogP contribution in [0.25, 0.3) is 0 Å². The van der Waals surface area contributed by atoms with Gasteiger partial charge in [-0.25, -0.2) is 8.78 Å². The zero-order chi connectivity index (χ0) is 13.7. The van der Waals surface area contributed by atoms with Crippen molar-refractivity contribution in [3.05, 3.63) is 29.8 Å². The Morgan fingerprint density at radius 2 is 2.16 bits per heavy atom. The third kappa shape index (κ3) is 4.28. The number of hydrogen-bond donors (Lipinski definition) is 2. The molecule has 2 N–H and O–H groups in total. The van der Waals surface area contributed by atoms with Gasteiger partial charge in [-0.1, -0.05) is 6.42 Å². The molecule has 1 atom stereocenters. The first-order valence-corrected chi connectivity index (χ1v) is 6.63. The van der Waals surface area contributed by atoms with Crippen molar-refractivity contribution >= 4 is 11.6 Å². The van der Waals surface area contributed by atoms with E-state index in [4.69, 9.17) is 0 Å². The number of anilines is 1. The van der Waals surface area contributed by atoms with Gasteiger partial charge in [0.2, 0.25) is 5.91 Å². The van der Waals surface area contributed by atoms with Crippen molar-refractivity contribution < 1.29 is 13.6 Å².